The summed E-state index contributed by atoms with van der Waals surface area (Å²) in [5.74, 6) is 0.926. The van der Waals surface area contributed by atoms with Gasteiger partial charge in [0.05, 0.1) is 12.8 Å². The van der Waals surface area contributed by atoms with Gasteiger partial charge in [-0.1, -0.05) is 11.6 Å². The first-order valence-electron chi connectivity index (χ1n) is 8.04. The SMILES string of the molecule is COc1ccc(Cl)cc1N1CCC(NC(=O)CCc2ccsc2)C1. The number of anilines is 1. The van der Waals surface area contributed by atoms with Crippen LogP contribution in [0.2, 0.25) is 5.02 Å². The van der Waals surface area contributed by atoms with Crippen LogP contribution in [0, 0.1) is 0 Å². The van der Waals surface area contributed by atoms with E-state index in [2.05, 4.69) is 21.7 Å². The fourth-order valence-electron chi connectivity index (χ4n) is 3.00. The summed E-state index contributed by atoms with van der Waals surface area (Å²) >= 11 is 7.78. The highest BCUT2D eigenvalue weighted by Gasteiger charge is 2.26. The Morgan fingerprint density at radius 1 is 1.46 bits per heavy atom. The number of rotatable bonds is 6. The molecule has 2 aromatic rings. The molecule has 1 atom stereocenters. The van der Waals surface area contributed by atoms with Crippen LogP contribution in [0.5, 0.6) is 5.75 Å². The summed E-state index contributed by atoms with van der Waals surface area (Å²) in [6, 6.07) is 7.86. The molecular weight excluding hydrogens is 344 g/mol. The number of hydrogen-bond donors (Lipinski definition) is 1. The van der Waals surface area contributed by atoms with E-state index in [4.69, 9.17) is 16.3 Å². The summed E-state index contributed by atoms with van der Waals surface area (Å²) < 4.78 is 5.42. The van der Waals surface area contributed by atoms with Crippen molar-refractivity contribution in [1.29, 1.82) is 0 Å². The highest BCUT2D eigenvalue weighted by atomic mass is 35.5. The molecule has 4 nitrogen and oxygen atoms in total. The number of hydrogen-bond acceptors (Lipinski definition) is 4. The van der Waals surface area contributed by atoms with Gasteiger partial charge in [0.2, 0.25) is 5.91 Å². The summed E-state index contributed by atoms with van der Waals surface area (Å²) in [6.45, 7) is 1.66. The van der Waals surface area contributed by atoms with Crippen LogP contribution in [0.15, 0.2) is 35.0 Å². The maximum atomic E-state index is 12.1. The van der Waals surface area contributed by atoms with Crippen molar-refractivity contribution in [3.8, 4) is 5.75 Å². The van der Waals surface area contributed by atoms with E-state index in [9.17, 15) is 4.79 Å². The Balaban J connectivity index is 1.53. The summed E-state index contributed by atoms with van der Waals surface area (Å²) in [4.78, 5) is 14.4. The van der Waals surface area contributed by atoms with E-state index in [0.29, 0.717) is 11.4 Å². The third kappa shape index (κ3) is 4.22. The van der Waals surface area contributed by atoms with E-state index in [0.717, 1.165) is 37.4 Å². The maximum Gasteiger partial charge on any atom is 0.220 e. The lowest BCUT2D eigenvalue weighted by atomic mass is 10.1. The quantitative estimate of drug-likeness (QED) is 0.849. The van der Waals surface area contributed by atoms with Crippen LogP contribution >= 0.6 is 22.9 Å². The first-order valence-corrected chi connectivity index (χ1v) is 9.36. The van der Waals surface area contributed by atoms with Gasteiger partial charge in [-0.15, -0.1) is 0 Å². The van der Waals surface area contributed by atoms with Gasteiger partial charge in [-0.25, -0.2) is 0 Å². The Labute approximate surface area is 151 Å². The molecule has 0 spiro atoms. The number of ether oxygens (including phenoxy) is 1. The smallest absolute Gasteiger partial charge is 0.220 e. The molecule has 0 aliphatic carbocycles. The zero-order chi connectivity index (χ0) is 16.9. The fourth-order valence-corrected chi connectivity index (χ4v) is 3.87. The van der Waals surface area contributed by atoms with Crippen LogP contribution in [0.1, 0.15) is 18.4 Å². The zero-order valence-corrected chi connectivity index (χ0v) is 15.2. The second-order valence-electron chi connectivity index (χ2n) is 5.95. The van der Waals surface area contributed by atoms with E-state index >= 15 is 0 Å². The molecule has 0 radical (unpaired) electrons. The van der Waals surface area contributed by atoms with Crippen molar-refractivity contribution < 1.29 is 9.53 Å². The van der Waals surface area contributed by atoms with Crippen LogP contribution in [0.4, 0.5) is 5.69 Å². The standard InChI is InChI=1S/C18H21ClN2O2S/c1-23-17-4-3-14(19)10-16(17)21-8-6-15(11-21)20-18(22)5-2-13-7-9-24-12-13/h3-4,7,9-10,12,15H,2,5-6,8,11H2,1H3,(H,20,22). The van der Waals surface area contributed by atoms with E-state index in [1.165, 1.54) is 5.56 Å². The Hall–Kier alpha value is -1.72. The number of halogens is 1. The molecule has 1 aromatic carbocycles. The number of benzene rings is 1. The van der Waals surface area contributed by atoms with Crippen LogP contribution in [-0.2, 0) is 11.2 Å². The van der Waals surface area contributed by atoms with Crippen molar-refractivity contribution in [1.82, 2.24) is 5.32 Å². The van der Waals surface area contributed by atoms with Crippen LogP contribution in [0.25, 0.3) is 0 Å². The summed E-state index contributed by atoms with van der Waals surface area (Å²) in [5.41, 5.74) is 2.21. The lowest BCUT2D eigenvalue weighted by Crippen LogP contribution is -2.37. The Bertz CT molecular complexity index is 690. The van der Waals surface area contributed by atoms with Gasteiger partial charge < -0.3 is 15.0 Å². The number of nitrogens with zero attached hydrogens (tertiary/aromatic N) is 1. The van der Waals surface area contributed by atoms with E-state index in [-0.39, 0.29) is 11.9 Å². The molecule has 1 aromatic heterocycles. The number of carbonyl (C=O) groups is 1. The molecule has 1 saturated heterocycles. The first-order chi connectivity index (χ1) is 11.7. The van der Waals surface area contributed by atoms with Crippen LogP contribution in [-0.4, -0.2) is 32.1 Å². The number of aryl methyl sites for hydroxylation is 1. The largest absolute Gasteiger partial charge is 0.495 e. The predicted molar refractivity (Wildman–Crippen MR) is 99.4 cm³/mol. The van der Waals surface area contributed by atoms with E-state index in [1.54, 1.807) is 18.4 Å². The van der Waals surface area contributed by atoms with E-state index in [1.807, 2.05) is 23.6 Å². The normalized spacial score (nSPS) is 17.1. The molecule has 2 heterocycles. The number of carbonyl (C=O) groups excluding carboxylic acids is 1. The van der Waals surface area contributed by atoms with Crippen LogP contribution < -0.4 is 15.0 Å². The van der Waals surface area contributed by atoms with Gasteiger partial charge in [0.25, 0.3) is 0 Å². The van der Waals surface area contributed by atoms with Crippen molar-refractivity contribution in [2.24, 2.45) is 0 Å². The Morgan fingerprint density at radius 2 is 2.33 bits per heavy atom. The Morgan fingerprint density at radius 3 is 3.08 bits per heavy atom. The average Bonchev–Trinajstić information content (AvgIpc) is 3.24. The molecule has 24 heavy (non-hydrogen) atoms. The lowest BCUT2D eigenvalue weighted by Gasteiger charge is -2.21. The van der Waals surface area contributed by atoms with Gasteiger partial charge in [0, 0.05) is 30.6 Å². The average molecular weight is 365 g/mol. The number of amides is 1. The monoisotopic (exact) mass is 364 g/mol. The first kappa shape index (κ1) is 17.1. The third-order valence-electron chi connectivity index (χ3n) is 4.26. The van der Waals surface area contributed by atoms with Gasteiger partial charge in [-0.2, -0.15) is 11.3 Å². The van der Waals surface area contributed by atoms with Crippen molar-refractivity contribution in [2.75, 3.05) is 25.1 Å². The molecule has 128 valence electrons. The lowest BCUT2D eigenvalue weighted by molar-refractivity contribution is -0.121. The topological polar surface area (TPSA) is 41.6 Å². The van der Waals surface area contributed by atoms with Crippen molar-refractivity contribution in [3.63, 3.8) is 0 Å². The molecule has 3 rings (SSSR count). The maximum absolute atomic E-state index is 12.1. The highest BCUT2D eigenvalue weighted by Crippen LogP contribution is 2.33. The Kier molecular flexibility index (Phi) is 5.63. The number of methoxy groups -OCH3 is 1. The molecule has 1 amide bonds. The van der Waals surface area contributed by atoms with Crippen molar-refractivity contribution in [3.05, 3.63) is 45.6 Å². The minimum Gasteiger partial charge on any atom is -0.495 e. The van der Waals surface area contributed by atoms with Gasteiger partial charge in [-0.3, -0.25) is 4.79 Å². The summed E-state index contributed by atoms with van der Waals surface area (Å²) in [5, 5.41) is 7.97. The molecule has 1 N–H and O–H groups in total. The zero-order valence-electron chi connectivity index (χ0n) is 13.6. The molecule has 0 bridgehead atoms. The van der Waals surface area contributed by atoms with Crippen molar-refractivity contribution in [2.45, 2.75) is 25.3 Å². The van der Waals surface area contributed by atoms with Gasteiger partial charge in [0.1, 0.15) is 5.75 Å². The minimum absolute atomic E-state index is 0.117. The molecule has 1 unspecified atom stereocenters. The fraction of sp³-hybridized carbons (Fsp3) is 0.389. The molecular formula is C18H21ClN2O2S. The summed E-state index contributed by atoms with van der Waals surface area (Å²) in [6.07, 6.45) is 2.27. The highest BCUT2D eigenvalue weighted by molar-refractivity contribution is 7.07. The van der Waals surface area contributed by atoms with Gasteiger partial charge in [0.15, 0.2) is 0 Å². The van der Waals surface area contributed by atoms with Gasteiger partial charge in [-0.05, 0) is 53.4 Å². The molecule has 1 aliphatic heterocycles. The van der Waals surface area contributed by atoms with E-state index < -0.39 is 0 Å². The minimum atomic E-state index is 0.117. The molecule has 6 heteroatoms. The van der Waals surface area contributed by atoms with Crippen molar-refractivity contribution >= 4 is 34.5 Å². The second kappa shape index (κ2) is 7.90. The predicted octanol–water partition coefficient (Wildman–Crippen LogP) is 3.74. The molecule has 1 aliphatic rings. The van der Waals surface area contributed by atoms with Crippen LogP contribution in [0.3, 0.4) is 0 Å². The third-order valence-corrected chi connectivity index (χ3v) is 5.22. The second-order valence-corrected chi connectivity index (χ2v) is 7.16. The number of thiophene rings is 1. The molecule has 1 fully saturated rings. The summed E-state index contributed by atoms with van der Waals surface area (Å²) in [7, 11) is 1.66. The molecule has 0 saturated carbocycles. The number of nitrogens with one attached hydrogen (secondary N) is 1. The van der Waals surface area contributed by atoms with Gasteiger partial charge >= 0.3 is 0 Å².